The van der Waals surface area contributed by atoms with E-state index in [9.17, 15) is 27.9 Å². The zero-order valence-electron chi connectivity index (χ0n) is 19.3. The number of benzene rings is 1. The monoisotopic (exact) mass is 507 g/mol. The summed E-state index contributed by atoms with van der Waals surface area (Å²) in [5.74, 6) is -5.16. The molecule has 2 atom stereocenters. The van der Waals surface area contributed by atoms with Gasteiger partial charge in [-0.3, -0.25) is 9.69 Å². The Morgan fingerprint density at radius 3 is 2.54 bits per heavy atom. The molecule has 3 heterocycles. The van der Waals surface area contributed by atoms with E-state index in [1.165, 1.54) is 59.5 Å². The molecule has 12 heteroatoms. The van der Waals surface area contributed by atoms with Crippen molar-refractivity contribution in [1.82, 2.24) is 20.1 Å². The lowest BCUT2D eigenvalue weighted by atomic mass is 9.82. The number of carboxylic acids is 1. The van der Waals surface area contributed by atoms with Crippen LogP contribution in [0.15, 0.2) is 52.1 Å². The number of hydrogen-bond acceptors (Lipinski definition) is 7. The molecule has 2 aliphatic rings. The summed E-state index contributed by atoms with van der Waals surface area (Å²) in [4.78, 5) is 36.6. The van der Waals surface area contributed by atoms with Crippen molar-refractivity contribution in [3.05, 3.63) is 63.5 Å². The minimum Gasteiger partial charge on any atom is -0.478 e. The highest BCUT2D eigenvalue weighted by molar-refractivity contribution is 7.11. The quantitative estimate of drug-likeness (QED) is 0.624. The molecule has 0 bridgehead atoms. The lowest BCUT2D eigenvalue weighted by Gasteiger charge is -2.36. The van der Waals surface area contributed by atoms with E-state index in [1.54, 1.807) is 18.5 Å². The van der Waals surface area contributed by atoms with Crippen LogP contribution in [0, 0.1) is 5.82 Å². The third kappa shape index (κ3) is 4.80. The number of carboxylic acid groups (broad SMARTS) is 1. The fourth-order valence-electron chi connectivity index (χ4n) is 4.48. The molecule has 0 saturated carbocycles. The molecule has 4 rings (SSSR count). The van der Waals surface area contributed by atoms with Gasteiger partial charge in [0, 0.05) is 44.3 Å². The molecule has 2 aliphatic heterocycles. The average molecular weight is 508 g/mol. The molecule has 1 amide bonds. The second-order valence-electron chi connectivity index (χ2n) is 8.87. The summed E-state index contributed by atoms with van der Waals surface area (Å²) < 4.78 is 42.4. The summed E-state index contributed by atoms with van der Waals surface area (Å²) in [6.07, 6.45) is 0.894. The number of aromatic nitrogens is 1. The highest BCUT2D eigenvalue weighted by atomic mass is 32.1. The number of amides is 1. The Morgan fingerprint density at radius 2 is 1.97 bits per heavy atom. The SMILES string of the molecule is CN(C)C(=O)C1CC(F)(F)CN1CC1=C(C(=O)O)C(C)(c2ccc(F)cc2)N=C(c2nccs2)N1. The molecule has 1 fully saturated rings. The largest absolute Gasteiger partial charge is 0.478 e. The maximum absolute atomic E-state index is 14.4. The topological polar surface area (TPSA) is 98.1 Å². The second kappa shape index (κ2) is 9.08. The van der Waals surface area contributed by atoms with Gasteiger partial charge >= 0.3 is 5.97 Å². The number of likely N-dealkylation sites (tertiary alicyclic amines) is 1. The van der Waals surface area contributed by atoms with Crippen LogP contribution in [0.25, 0.3) is 0 Å². The molecular weight excluding hydrogens is 483 g/mol. The number of alkyl halides is 2. The maximum Gasteiger partial charge on any atom is 0.336 e. The summed E-state index contributed by atoms with van der Waals surface area (Å²) in [5, 5.41) is 15.4. The summed E-state index contributed by atoms with van der Waals surface area (Å²) in [5.41, 5.74) is -1.16. The van der Waals surface area contributed by atoms with Gasteiger partial charge in [0.05, 0.1) is 18.2 Å². The number of carbonyl (C=O) groups is 2. The van der Waals surface area contributed by atoms with E-state index in [0.29, 0.717) is 10.6 Å². The number of likely N-dealkylation sites (N-methyl/N-ethyl adjacent to an activating group) is 1. The number of aliphatic carboxylic acids is 1. The van der Waals surface area contributed by atoms with Crippen molar-refractivity contribution < 1.29 is 27.9 Å². The van der Waals surface area contributed by atoms with Crippen LogP contribution >= 0.6 is 11.3 Å². The van der Waals surface area contributed by atoms with Gasteiger partial charge < -0.3 is 15.3 Å². The number of amidine groups is 1. The number of nitrogens with one attached hydrogen (secondary N) is 1. The molecule has 0 radical (unpaired) electrons. The van der Waals surface area contributed by atoms with Gasteiger partial charge in [-0.05, 0) is 24.6 Å². The first-order valence-corrected chi connectivity index (χ1v) is 11.6. The number of nitrogens with zero attached hydrogens (tertiary/aromatic N) is 4. The Balaban J connectivity index is 1.83. The van der Waals surface area contributed by atoms with Crippen molar-refractivity contribution in [1.29, 1.82) is 0 Å². The Morgan fingerprint density at radius 1 is 1.29 bits per heavy atom. The van der Waals surface area contributed by atoms with Gasteiger partial charge in [0.2, 0.25) is 5.91 Å². The summed E-state index contributed by atoms with van der Waals surface area (Å²) in [6.45, 7) is 0.605. The van der Waals surface area contributed by atoms with Crippen molar-refractivity contribution in [2.45, 2.75) is 30.8 Å². The number of halogens is 3. The summed E-state index contributed by atoms with van der Waals surface area (Å²) in [6, 6.07) is 4.16. The first kappa shape index (κ1) is 24.9. The van der Waals surface area contributed by atoms with E-state index in [0.717, 1.165) is 0 Å². The fourth-order valence-corrected chi connectivity index (χ4v) is 5.06. The zero-order valence-corrected chi connectivity index (χ0v) is 20.1. The summed E-state index contributed by atoms with van der Waals surface area (Å²) in [7, 11) is 2.97. The minimum atomic E-state index is -3.11. The number of aliphatic imine (C=N–C) groups is 1. The van der Waals surface area contributed by atoms with Crippen LogP contribution in [0.5, 0.6) is 0 Å². The van der Waals surface area contributed by atoms with Gasteiger partial charge in [-0.1, -0.05) is 12.1 Å². The first-order chi connectivity index (χ1) is 16.4. The van der Waals surface area contributed by atoms with E-state index in [4.69, 9.17) is 0 Å². The lowest BCUT2D eigenvalue weighted by molar-refractivity contribution is -0.133. The van der Waals surface area contributed by atoms with Crippen LogP contribution in [0.1, 0.15) is 23.9 Å². The number of rotatable bonds is 6. The molecule has 186 valence electrons. The van der Waals surface area contributed by atoms with Gasteiger partial charge in [-0.2, -0.15) is 0 Å². The molecule has 2 N–H and O–H groups in total. The van der Waals surface area contributed by atoms with E-state index in [-0.39, 0.29) is 23.7 Å². The van der Waals surface area contributed by atoms with Gasteiger partial charge in [0.25, 0.3) is 5.92 Å². The van der Waals surface area contributed by atoms with Crippen molar-refractivity contribution in [3.63, 3.8) is 0 Å². The van der Waals surface area contributed by atoms with Crippen molar-refractivity contribution in [3.8, 4) is 0 Å². The molecule has 2 aromatic rings. The Kier molecular flexibility index (Phi) is 6.45. The fraction of sp³-hybridized carbons (Fsp3) is 0.391. The third-order valence-electron chi connectivity index (χ3n) is 6.10. The van der Waals surface area contributed by atoms with Gasteiger partial charge in [0.1, 0.15) is 11.4 Å². The van der Waals surface area contributed by atoms with Gasteiger partial charge in [0.15, 0.2) is 10.8 Å². The molecule has 35 heavy (non-hydrogen) atoms. The van der Waals surface area contributed by atoms with Gasteiger partial charge in [-0.25, -0.2) is 27.9 Å². The molecule has 0 spiro atoms. The van der Waals surface area contributed by atoms with Gasteiger partial charge in [-0.15, -0.1) is 11.3 Å². The molecule has 2 unspecified atom stereocenters. The molecule has 1 saturated heterocycles. The highest BCUT2D eigenvalue weighted by Crippen LogP contribution is 2.40. The molecule has 8 nitrogen and oxygen atoms in total. The molecule has 0 aliphatic carbocycles. The molecule has 1 aromatic heterocycles. The van der Waals surface area contributed by atoms with E-state index in [2.05, 4.69) is 15.3 Å². The molecule has 1 aromatic carbocycles. The van der Waals surface area contributed by atoms with Crippen molar-refractivity contribution >= 4 is 29.0 Å². The lowest BCUT2D eigenvalue weighted by Crippen LogP contribution is -2.48. The molecular formula is C23H24F3N5O3S. The normalized spacial score (nSPS) is 24.2. The van der Waals surface area contributed by atoms with Crippen molar-refractivity contribution in [2.75, 3.05) is 27.2 Å². The van der Waals surface area contributed by atoms with Crippen LogP contribution < -0.4 is 5.32 Å². The van der Waals surface area contributed by atoms with Crippen LogP contribution in [0.2, 0.25) is 0 Å². The smallest absolute Gasteiger partial charge is 0.336 e. The predicted octanol–water partition coefficient (Wildman–Crippen LogP) is 2.68. The maximum atomic E-state index is 14.4. The third-order valence-corrected chi connectivity index (χ3v) is 6.88. The van der Waals surface area contributed by atoms with E-state index >= 15 is 0 Å². The minimum absolute atomic E-state index is 0.110. The second-order valence-corrected chi connectivity index (χ2v) is 9.77. The first-order valence-electron chi connectivity index (χ1n) is 10.7. The zero-order chi connectivity index (χ0) is 25.5. The Labute approximate surface area is 203 Å². The number of hydrogen-bond donors (Lipinski definition) is 2. The van der Waals surface area contributed by atoms with Crippen LogP contribution in [0.3, 0.4) is 0 Å². The highest BCUT2D eigenvalue weighted by Gasteiger charge is 2.50. The number of thiazole rings is 1. The van der Waals surface area contributed by atoms with E-state index < -0.39 is 48.2 Å². The predicted molar refractivity (Wildman–Crippen MR) is 124 cm³/mol. The Hall–Kier alpha value is -3.25. The van der Waals surface area contributed by atoms with Crippen LogP contribution in [-0.4, -0.2) is 76.8 Å². The van der Waals surface area contributed by atoms with Crippen LogP contribution in [-0.2, 0) is 15.1 Å². The standard InChI is InChI=1S/C23H24F3N5O3S/c1-22(13-4-6-14(24)7-5-13)17(21(33)34)15(28-18(29-22)19-27-8-9-35-19)11-31-12-23(25,26)10-16(31)20(32)30(2)3/h4-9,16H,10-12H2,1-3H3,(H,28,29)(H,33,34). The van der Waals surface area contributed by atoms with Crippen molar-refractivity contribution in [2.24, 2.45) is 4.99 Å². The summed E-state index contributed by atoms with van der Waals surface area (Å²) >= 11 is 1.26. The van der Waals surface area contributed by atoms with E-state index in [1.807, 2.05) is 0 Å². The van der Waals surface area contributed by atoms with Crippen LogP contribution in [0.4, 0.5) is 13.2 Å². The number of carbonyl (C=O) groups excluding carboxylic acids is 1. The average Bonchev–Trinajstić information content (AvgIpc) is 3.40. The Bertz CT molecular complexity index is 1200.